The molecular weight excluding hydrogens is 345 g/mol. The van der Waals surface area contributed by atoms with E-state index in [4.69, 9.17) is 4.74 Å². The number of ether oxygens (including phenoxy) is 1. The van der Waals surface area contributed by atoms with Crippen LogP contribution in [0.3, 0.4) is 0 Å². The summed E-state index contributed by atoms with van der Waals surface area (Å²) in [7, 11) is 0. The van der Waals surface area contributed by atoms with E-state index in [0.29, 0.717) is 19.4 Å². The summed E-state index contributed by atoms with van der Waals surface area (Å²) >= 11 is 0. The fraction of sp³-hybridized carbons (Fsp3) is 0.316. The van der Waals surface area contributed by atoms with Crippen molar-refractivity contribution in [3.63, 3.8) is 0 Å². The van der Waals surface area contributed by atoms with E-state index in [1.54, 1.807) is 0 Å². The number of alkyl halides is 3. The predicted molar refractivity (Wildman–Crippen MR) is 93.7 cm³/mol. The number of para-hydroxylation sites is 1. The lowest BCUT2D eigenvalue weighted by molar-refractivity contribution is -0.137. The van der Waals surface area contributed by atoms with Gasteiger partial charge in [0.1, 0.15) is 5.75 Å². The van der Waals surface area contributed by atoms with E-state index in [1.165, 1.54) is 18.2 Å². The molecule has 2 aromatic rings. The molecule has 0 bridgehead atoms. The van der Waals surface area contributed by atoms with E-state index < -0.39 is 11.7 Å². The number of carbonyl (C=O) groups excluding carboxylic acids is 1. The van der Waals surface area contributed by atoms with Crippen molar-refractivity contribution in [3.05, 3.63) is 59.7 Å². The molecule has 2 aromatic carbocycles. The molecule has 0 aliphatic carbocycles. The summed E-state index contributed by atoms with van der Waals surface area (Å²) in [5.74, 6) is 0.400. The Bertz CT molecular complexity index is 733. The van der Waals surface area contributed by atoms with Gasteiger partial charge in [-0.1, -0.05) is 24.3 Å². The molecule has 0 unspecified atom stereocenters. The maximum absolute atomic E-state index is 12.9. The number of unbranched alkanes of at least 4 members (excludes halogenated alkanes) is 1. The van der Waals surface area contributed by atoms with Crippen LogP contribution in [0.4, 0.5) is 18.9 Å². The summed E-state index contributed by atoms with van der Waals surface area (Å²) in [6.45, 7) is 2.45. The highest BCUT2D eigenvalue weighted by molar-refractivity contribution is 5.77. The Balaban J connectivity index is 1.68. The van der Waals surface area contributed by atoms with Crippen LogP contribution in [0.25, 0.3) is 0 Å². The number of hydrazine groups is 1. The number of benzene rings is 2. The van der Waals surface area contributed by atoms with Crippen LogP contribution >= 0.6 is 0 Å². The summed E-state index contributed by atoms with van der Waals surface area (Å²) in [6, 6.07) is 12.6. The van der Waals surface area contributed by atoms with Gasteiger partial charge in [-0.05, 0) is 49.6 Å². The van der Waals surface area contributed by atoms with Gasteiger partial charge < -0.3 is 4.74 Å². The van der Waals surface area contributed by atoms with Crippen LogP contribution in [0.2, 0.25) is 0 Å². The number of nitrogens with one attached hydrogen (secondary N) is 2. The third-order valence-electron chi connectivity index (χ3n) is 3.63. The van der Waals surface area contributed by atoms with Crippen molar-refractivity contribution < 1.29 is 22.7 Å². The molecule has 0 saturated heterocycles. The van der Waals surface area contributed by atoms with Crippen LogP contribution in [-0.4, -0.2) is 12.5 Å². The highest BCUT2D eigenvalue weighted by atomic mass is 19.4. The zero-order chi connectivity index (χ0) is 19.0. The largest absolute Gasteiger partial charge is 0.494 e. The second-order valence-electron chi connectivity index (χ2n) is 5.84. The van der Waals surface area contributed by atoms with E-state index in [0.717, 1.165) is 17.4 Å². The van der Waals surface area contributed by atoms with Crippen LogP contribution in [0, 0.1) is 6.92 Å². The highest BCUT2D eigenvalue weighted by Gasteiger charge is 2.33. The van der Waals surface area contributed by atoms with Crippen LogP contribution in [0.1, 0.15) is 30.4 Å². The number of anilines is 1. The summed E-state index contributed by atoms with van der Waals surface area (Å²) in [5, 5.41) is 0. The summed E-state index contributed by atoms with van der Waals surface area (Å²) < 4.78 is 44.2. The van der Waals surface area contributed by atoms with Crippen molar-refractivity contribution in [3.8, 4) is 5.75 Å². The lowest BCUT2D eigenvalue weighted by Gasteiger charge is -2.15. The maximum Gasteiger partial charge on any atom is 0.418 e. The number of carbonyl (C=O) groups is 1. The maximum atomic E-state index is 12.9. The number of amides is 1. The van der Waals surface area contributed by atoms with E-state index in [1.807, 2.05) is 31.2 Å². The second-order valence-corrected chi connectivity index (χ2v) is 5.84. The average molecular weight is 366 g/mol. The third kappa shape index (κ3) is 6.31. The number of hydrogen-bond acceptors (Lipinski definition) is 3. The molecule has 0 atom stereocenters. The molecule has 4 nitrogen and oxygen atoms in total. The fourth-order valence-corrected chi connectivity index (χ4v) is 2.32. The van der Waals surface area contributed by atoms with Gasteiger partial charge in [-0.3, -0.25) is 15.6 Å². The average Bonchev–Trinajstić information content (AvgIpc) is 2.59. The summed E-state index contributed by atoms with van der Waals surface area (Å²) in [6.07, 6.45) is -3.05. The Hall–Kier alpha value is -2.70. The van der Waals surface area contributed by atoms with Crippen molar-refractivity contribution in [2.24, 2.45) is 0 Å². The van der Waals surface area contributed by atoms with Gasteiger partial charge in [0.25, 0.3) is 0 Å². The van der Waals surface area contributed by atoms with Crippen molar-refractivity contribution in [2.75, 3.05) is 12.0 Å². The fourth-order valence-electron chi connectivity index (χ4n) is 2.32. The molecule has 0 fully saturated rings. The highest BCUT2D eigenvalue weighted by Crippen LogP contribution is 2.34. The normalized spacial score (nSPS) is 11.1. The molecule has 2 N–H and O–H groups in total. The molecule has 1 amide bonds. The smallest absolute Gasteiger partial charge is 0.418 e. The number of halogens is 3. The van der Waals surface area contributed by atoms with Gasteiger partial charge in [0.15, 0.2) is 0 Å². The number of aryl methyl sites for hydroxylation is 1. The van der Waals surface area contributed by atoms with Crippen molar-refractivity contribution in [2.45, 2.75) is 32.4 Å². The lowest BCUT2D eigenvalue weighted by Crippen LogP contribution is -2.30. The SMILES string of the molecule is Cc1cccc(OCCCCC(=O)NNc2ccccc2C(F)(F)F)c1. The van der Waals surface area contributed by atoms with Gasteiger partial charge in [0.2, 0.25) is 5.91 Å². The number of rotatable bonds is 8. The molecule has 26 heavy (non-hydrogen) atoms. The topological polar surface area (TPSA) is 50.4 Å². The standard InChI is InChI=1S/C19H21F3N2O2/c1-14-7-6-8-15(13-14)26-12-5-4-11-18(25)24-23-17-10-3-2-9-16(17)19(20,21)22/h2-3,6-10,13,23H,4-5,11-12H2,1H3,(H,24,25). The van der Waals surface area contributed by atoms with Gasteiger partial charge in [-0.25, -0.2) is 0 Å². The zero-order valence-corrected chi connectivity index (χ0v) is 14.4. The molecule has 0 heterocycles. The Morgan fingerprint density at radius 3 is 2.58 bits per heavy atom. The van der Waals surface area contributed by atoms with Gasteiger partial charge in [0.05, 0.1) is 17.9 Å². The van der Waals surface area contributed by atoms with Crippen LogP contribution < -0.4 is 15.6 Å². The molecule has 0 spiro atoms. The minimum atomic E-state index is -4.48. The minimum absolute atomic E-state index is 0.184. The van der Waals surface area contributed by atoms with Crippen LogP contribution in [0.15, 0.2) is 48.5 Å². The van der Waals surface area contributed by atoms with Crippen molar-refractivity contribution in [1.82, 2.24) is 5.43 Å². The Morgan fingerprint density at radius 1 is 1.08 bits per heavy atom. The quantitative estimate of drug-likeness (QED) is 0.526. The molecule has 0 aliphatic heterocycles. The van der Waals surface area contributed by atoms with Crippen LogP contribution in [-0.2, 0) is 11.0 Å². The summed E-state index contributed by atoms with van der Waals surface area (Å²) in [5.41, 5.74) is 4.73. The molecule has 2 rings (SSSR count). The van der Waals surface area contributed by atoms with Crippen molar-refractivity contribution in [1.29, 1.82) is 0 Å². The minimum Gasteiger partial charge on any atom is -0.494 e. The second kappa shape index (κ2) is 9.12. The lowest BCUT2D eigenvalue weighted by atomic mass is 10.2. The monoisotopic (exact) mass is 366 g/mol. The number of hydrogen-bond donors (Lipinski definition) is 2. The molecule has 0 saturated carbocycles. The first-order valence-corrected chi connectivity index (χ1v) is 8.27. The zero-order valence-electron chi connectivity index (χ0n) is 14.4. The van der Waals surface area contributed by atoms with E-state index >= 15 is 0 Å². The van der Waals surface area contributed by atoms with Crippen LogP contribution in [0.5, 0.6) is 5.75 Å². The molecule has 0 aromatic heterocycles. The first kappa shape index (κ1) is 19.6. The Labute approximate surface area is 150 Å². The van der Waals surface area contributed by atoms with Gasteiger partial charge >= 0.3 is 6.18 Å². The van der Waals surface area contributed by atoms with E-state index in [2.05, 4.69) is 10.9 Å². The predicted octanol–water partition coefficient (Wildman–Crippen LogP) is 4.71. The molecule has 0 aliphatic rings. The third-order valence-corrected chi connectivity index (χ3v) is 3.63. The van der Waals surface area contributed by atoms with Gasteiger partial charge in [0, 0.05) is 6.42 Å². The molecule has 7 heteroatoms. The molecule has 140 valence electrons. The van der Waals surface area contributed by atoms with E-state index in [9.17, 15) is 18.0 Å². The van der Waals surface area contributed by atoms with Gasteiger partial charge in [-0.2, -0.15) is 13.2 Å². The Morgan fingerprint density at radius 2 is 1.85 bits per heavy atom. The Kier molecular flexibility index (Phi) is 6.89. The first-order chi connectivity index (χ1) is 12.4. The van der Waals surface area contributed by atoms with E-state index in [-0.39, 0.29) is 18.0 Å². The summed E-state index contributed by atoms with van der Waals surface area (Å²) in [4.78, 5) is 11.8. The molecule has 0 radical (unpaired) electrons. The van der Waals surface area contributed by atoms with Gasteiger partial charge in [-0.15, -0.1) is 0 Å². The molecular formula is C19H21F3N2O2. The first-order valence-electron chi connectivity index (χ1n) is 8.27. The van der Waals surface area contributed by atoms with Crippen molar-refractivity contribution >= 4 is 11.6 Å².